The first-order chi connectivity index (χ1) is 16.7. The molecule has 8 bridgehead atoms. The molecule has 6 nitrogen and oxygen atoms in total. The number of rotatable bonds is 1. The number of nitrogens with zero attached hydrogens (tertiary/aromatic N) is 2. The van der Waals surface area contributed by atoms with Gasteiger partial charge in [-0.05, 0) is 60.5 Å². The molecule has 6 rings (SSSR count). The topological polar surface area (TPSA) is 76.1 Å². The lowest BCUT2D eigenvalue weighted by molar-refractivity contribution is 0.0951. The standard InChI is InChI=1S/C25H18N4O2S3/c1-31-25-20-10-15(12-28-25)22-11-19-23(33-22)18(7-8-26-19)21-6-5-17(32-21)13-27-24(30)14-3-2-4-16(9-14)34-29-20/h2-12,29H,13H2,1H3,(H,27,30). The molecule has 1 amide bonds. The van der Waals surface area contributed by atoms with Crippen molar-refractivity contribution in [2.75, 3.05) is 11.8 Å². The number of benzene rings is 1. The van der Waals surface area contributed by atoms with Crippen LogP contribution in [0.1, 0.15) is 15.2 Å². The van der Waals surface area contributed by atoms with Crippen molar-refractivity contribution in [3.63, 3.8) is 0 Å². The van der Waals surface area contributed by atoms with Gasteiger partial charge in [-0.2, -0.15) is 0 Å². The van der Waals surface area contributed by atoms with Gasteiger partial charge in [-0.25, -0.2) is 4.98 Å². The van der Waals surface area contributed by atoms with E-state index in [0.29, 0.717) is 18.0 Å². The maximum Gasteiger partial charge on any atom is 0.251 e. The molecule has 0 spiro atoms. The van der Waals surface area contributed by atoms with Gasteiger partial charge in [0.15, 0.2) is 0 Å². The Morgan fingerprint density at radius 1 is 0.971 bits per heavy atom. The Labute approximate surface area is 208 Å². The minimum Gasteiger partial charge on any atom is -0.480 e. The molecule has 5 heterocycles. The number of pyridine rings is 2. The molecule has 0 fully saturated rings. The van der Waals surface area contributed by atoms with Gasteiger partial charge in [0.1, 0.15) is 5.69 Å². The minimum absolute atomic E-state index is 0.103. The van der Waals surface area contributed by atoms with Crippen LogP contribution >= 0.6 is 34.6 Å². The number of anilines is 1. The van der Waals surface area contributed by atoms with E-state index >= 15 is 0 Å². The summed E-state index contributed by atoms with van der Waals surface area (Å²) in [7, 11) is 1.60. The van der Waals surface area contributed by atoms with E-state index in [4.69, 9.17) is 4.74 Å². The van der Waals surface area contributed by atoms with Crippen LogP contribution in [0.4, 0.5) is 5.69 Å². The van der Waals surface area contributed by atoms with Crippen molar-refractivity contribution in [3.8, 4) is 26.8 Å². The van der Waals surface area contributed by atoms with Crippen molar-refractivity contribution in [1.82, 2.24) is 15.3 Å². The molecule has 0 radical (unpaired) electrons. The second-order valence-corrected chi connectivity index (χ2v) is 10.7. The van der Waals surface area contributed by atoms with Crippen molar-refractivity contribution >= 4 is 56.4 Å². The minimum atomic E-state index is -0.103. The predicted molar refractivity (Wildman–Crippen MR) is 140 cm³/mol. The van der Waals surface area contributed by atoms with E-state index in [1.54, 1.807) is 29.8 Å². The number of fused-ring (bicyclic) bond motifs is 9. The molecule has 34 heavy (non-hydrogen) atoms. The van der Waals surface area contributed by atoms with Crippen molar-refractivity contribution in [2.45, 2.75) is 11.4 Å². The van der Waals surface area contributed by atoms with Gasteiger partial charge in [0.25, 0.3) is 5.91 Å². The average molecular weight is 503 g/mol. The van der Waals surface area contributed by atoms with E-state index in [0.717, 1.165) is 46.6 Å². The van der Waals surface area contributed by atoms with Crippen LogP contribution in [0.2, 0.25) is 0 Å². The molecule has 0 aliphatic carbocycles. The van der Waals surface area contributed by atoms with Gasteiger partial charge in [-0.15, -0.1) is 22.7 Å². The summed E-state index contributed by atoms with van der Waals surface area (Å²) in [6, 6.07) is 17.9. The molecule has 168 valence electrons. The SMILES string of the molecule is COc1ncc2cc1NSc1cccc(c1)C(=O)NCc1ccc(s1)-c1ccnc3cc-2sc13. The zero-order valence-corrected chi connectivity index (χ0v) is 20.4. The summed E-state index contributed by atoms with van der Waals surface area (Å²) in [5.74, 6) is 0.402. The van der Waals surface area contributed by atoms with Gasteiger partial charge >= 0.3 is 0 Å². The summed E-state index contributed by atoms with van der Waals surface area (Å²) < 4.78 is 9.95. The van der Waals surface area contributed by atoms with Crippen LogP contribution in [0.25, 0.3) is 31.1 Å². The third-order valence-electron chi connectivity index (χ3n) is 5.47. The predicted octanol–water partition coefficient (Wildman–Crippen LogP) is 6.46. The van der Waals surface area contributed by atoms with E-state index < -0.39 is 0 Å². The van der Waals surface area contributed by atoms with Gasteiger partial charge in [0.2, 0.25) is 5.88 Å². The Bertz CT molecular complexity index is 1540. The summed E-state index contributed by atoms with van der Waals surface area (Å²) in [5, 5.41) is 3.04. The quantitative estimate of drug-likeness (QED) is 0.256. The normalized spacial score (nSPS) is 13.1. The lowest BCUT2D eigenvalue weighted by Crippen LogP contribution is -2.22. The van der Waals surface area contributed by atoms with Crippen molar-refractivity contribution in [2.24, 2.45) is 0 Å². The molecule has 1 aliphatic rings. The second-order valence-electron chi connectivity index (χ2n) is 7.64. The van der Waals surface area contributed by atoms with Gasteiger partial charge in [0, 0.05) is 48.6 Å². The number of hydrogen-bond acceptors (Lipinski definition) is 8. The lowest BCUT2D eigenvalue weighted by atomic mass is 10.2. The fourth-order valence-corrected chi connectivity index (χ4v) is 6.67. The molecule has 2 N–H and O–H groups in total. The number of thiophene rings is 2. The summed E-state index contributed by atoms with van der Waals surface area (Å²) in [5.41, 5.74) is 4.46. The van der Waals surface area contributed by atoms with E-state index in [1.807, 2.05) is 42.7 Å². The number of nitrogens with one attached hydrogen (secondary N) is 2. The van der Waals surface area contributed by atoms with Crippen LogP contribution in [0.3, 0.4) is 0 Å². The molecule has 0 saturated carbocycles. The molecule has 4 aromatic heterocycles. The zero-order chi connectivity index (χ0) is 23.1. The lowest BCUT2D eigenvalue weighted by Gasteiger charge is -2.11. The van der Waals surface area contributed by atoms with E-state index in [2.05, 4.69) is 44.3 Å². The summed E-state index contributed by atoms with van der Waals surface area (Å²) in [6.45, 7) is 0.483. The van der Waals surface area contributed by atoms with Crippen LogP contribution in [-0.2, 0) is 6.54 Å². The summed E-state index contributed by atoms with van der Waals surface area (Å²) in [6.07, 6.45) is 3.67. The highest BCUT2D eigenvalue weighted by Gasteiger charge is 2.16. The molecular formula is C25H18N4O2S3. The van der Waals surface area contributed by atoms with Crippen LogP contribution in [0.5, 0.6) is 5.88 Å². The van der Waals surface area contributed by atoms with Crippen LogP contribution in [-0.4, -0.2) is 23.0 Å². The monoisotopic (exact) mass is 502 g/mol. The van der Waals surface area contributed by atoms with E-state index in [1.165, 1.54) is 11.9 Å². The second kappa shape index (κ2) is 8.75. The Morgan fingerprint density at radius 2 is 1.91 bits per heavy atom. The molecule has 9 heteroatoms. The van der Waals surface area contributed by atoms with Gasteiger partial charge in [0.05, 0.1) is 23.9 Å². The van der Waals surface area contributed by atoms with Crippen molar-refractivity contribution in [1.29, 1.82) is 0 Å². The molecule has 1 aliphatic heterocycles. The van der Waals surface area contributed by atoms with Crippen LogP contribution in [0, 0.1) is 0 Å². The highest BCUT2D eigenvalue weighted by Crippen LogP contribution is 2.41. The van der Waals surface area contributed by atoms with Gasteiger partial charge < -0.3 is 14.8 Å². The average Bonchev–Trinajstić information content (AvgIpc) is 3.53. The Hall–Kier alpha value is -3.40. The number of aromatic nitrogens is 2. The number of methoxy groups -OCH3 is 1. The van der Waals surface area contributed by atoms with Gasteiger partial charge in [-0.1, -0.05) is 6.07 Å². The maximum absolute atomic E-state index is 12.8. The molecule has 0 saturated heterocycles. The smallest absolute Gasteiger partial charge is 0.251 e. The third kappa shape index (κ3) is 3.91. The first-order valence-corrected chi connectivity index (χ1v) is 13.0. The summed E-state index contributed by atoms with van der Waals surface area (Å²) in [4.78, 5) is 26.2. The summed E-state index contributed by atoms with van der Waals surface area (Å²) >= 11 is 4.80. The van der Waals surface area contributed by atoms with Crippen LogP contribution in [0.15, 0.2) is 71.9 Å². The number of ether oxygens (including phenoxy) is 1. The van der Waals surface area contributed by atoms with E-state index in [9.17, 15) is 4.79 Å². The van der Waals surface area contributed by atoms with Crippen LogP contribution < -0.4 is 14.8 Å². The first-order valence-electron chi connectivity index (χ1n) is 10.5. The molecule has 1 aromatic carbocycles. The number of amides is 1. The van der Waals surface area contributed by atoms with Gasteiger partial charge in [-0.3, -0.25) is 9.78 Å². The highest BCUT2D eigenvalue weighted by molar-refractivity contribution is 8.00. The largest absolute Gasteiger partial charge is 0.480 e. The third-order valence-corrected chi connectivity index (χ3v) is 8.60. The van der Waals surface area contributed by atoms with Crippen molar-refractivity contribution < 1.29 is 9.53 Å². The Kier molecular flexibility index (Phi) is 5.44. The van der Waals surface area contributed by atoms with E-state index in [-0.39, 0.29) is 5.91 Å². The number of hydrogen-bond donors (Lipinski definition) is 2. The Morgan fingerprint density at radius 3 is 2.82 bits per heavy atom. The fraction of sp³-hybridized carbons (Fsp3) is 0.0800. The molecule has 0 unspecified atom stereocenters. The Balaban J connectivity index is 1.51. The molecule has 0 atom stereocenters. The fourth-order valence-electron chi connectivity index (χ4n) is 3.80. The zero-order valence-electron chi connectivity index (χ0n) is 18.0. The highest BCUT2D eigenvalue weighted by atomic mass is 32.2. The van der Waals surface area contributed by atoms with Crippen molar-refractivity contribution in [3.05, 3.63) is 77.4 Å². The number of carbonyl (C=O) groups excluding carboxylic acids is 1. The molecule has 5 aromatic rings. The maximum atomic E-state index is 12.8. The number of carbonyl (C=O) groups is 1. The first kappa shape index (κ1) is 21.2. The molecular weight excluding hydrogens is 485 g/mol.